The van der Waals surface area contributed by atoms with Crippen LogP contribution in [0.1, 0.15) is 27.6 Å². The quantitative estimate of drug-likeness (QED) is 0.407. The number of carbonyl (C=O) groups is 2. The van der Waals surface area contributed by atoms with Gasteiger partial charge in [-0.1, -0.05) is 0 Å². The Hall–Kier alpha value is -1.92. The van der Waals surface area contributed by atoms with E-state index in [0.29, 0.717) is 38.8 Å². The Morgan fingerprint density at radius 1 is 0.950 bits per heavy atom. The lowest BCUT2D eigenvalue weighted by Gasteiger charge is -2.07. The summed E-state index contributed by atoms with van der Waals surface area (Å²) in [4.78, 5) is 22.6. The van der Waals surface area contributed by atoms with E-state index in [9.17, 15) is 9.59 Å². The fourth-order valence-corrected chi connectivity index (χ4v) is 1.74. The van der Waals surface area contributed by atoms with E-state index < -0.39 is 11.9 Å². The first-order valence-electron chi connectivity index (χ1n) is 6.41. The average molecular weight is 280 g/mol. The third-order valence-electron chi connectivity index (χ3n) is 2.69. The minimum Gasteiger partial charge on any atom is -0.491 e. The number of benzene rings is 1. The van der Waals surface area contributed by atoms with Gasteiger partial charge >= 0.3 is 11.9 Å². The highest BCUT2D eigenvalue weighted by Gasteiger charge is 2.29. The highest BCUT2D eigenvalue weighted by atomic mass is 16.6. The molecule has 2 rings (SSSR count). The van der Waals surface area contributed by atoms with Crippen LogP contribution >= 0.6 is 0 Å². The minimum atomic E-state index is -0.636. The van der Waals surface area contributed by atoms with Crippen molar-refractivity contribution in [2.45, 2.75) is 6.92 Å². The Labute approximate surface area is 116 Å². The summed E-state index contributed by atoms with van der Waals surface area (Å²) < 4.78 is 20.3. The monoisotopic (exact) mass is 280 g/mol. The van der Waals surface area contributed by atoms with Crippen molar-refractivity contribution in [3.05, 3.63) is 29.3 Å². The maximum Gasteiger partial charge on any atom is 0.347 e. The molecule has 1 heterocycles. The molecule has 0 aromatic heterocycles. The Kier molecular flexibility index (Phi) is 5.09. The van der Waals surface area contributed by atoms with Gasteiger partial charge in [-0.25, -0.2) is 9.59 Å². The normalized spacial score (nSPS) is 13.2. The predicted octanol–water partition coefficient (Wildman–Crippen LogP) is 1.43. The van der Waals surface area contributed by atoms with E-state index in [1.165, 1.54) is 12.1 Å². The second-order valence-electron chi connectivity index (χ2n) is 4.04. The molecule has 20 heavy (non-hydrogen) atoms. The number of rotatable bonds is 8. The topological polar surface area (TPSA) is 71.1 Å². The van der Waals surface area contributed by atoms with Crippen molar-refractivity contribution in [1.29, 1.82) is 0 Å². The van der Waals surface area contributed by atoms with E-state index in [4.69, 9.17) is 14.2 Å². The zero-order valence-corrected chi connectivity index (χ0v) is 11.2. The van der Waals surface area contributed by atoms with Gasteiger partial charge in [0.1, 0.15) is 12.4 Å². The van der Waals surface area contributed by atoms with E-state index in [0.717, 1.165) is 0 Å². The molecule has 0 radical (unpaired) electrons. The van der Waals surface area contributed by atoms with E-state index >= 15 is 0 Å². The number of hydrogen-bond acceptors (Lipinski definition) is 6. The van der Waals surface area contributed by atoms with Gasteiger partial charge in [0.2, 0.25) is 0 Å². The van der Waals surface area contributed by atoms with Crippen molar-refractivity contribution in [2.24, 2.45) is 0 Å². The molecule has 0 unspecified atom stereocenters. The zero-order valence-electron chi connectivity index (χ0n) is 11.2. The molecule has 1 aromatic rings. The van der Waals surface area contributed by atoms with E-state index in [-0.39, 0.29) is 11.1 Å². The summed E-state index contributed by atoms with van der Waals surface area (Å²) in [6, 6.07) is 4.65. The number of cyclic esters (lactones) is 2. The molecule has 0 saturated carbocycles. The van der Waals surface area contributed by atoms with Crippen LogP contribution in [0, 0.1) is 0 Å². The first kappa shape index (κ1) is 14.5. The van der Waals surface area contributed by atoms with Crippen molar-refractivity contribution in [2.75, 3.05) is 33.0 Å². The lowest BCUT2D eigenvalue weighted by Crippen LogP contribution is -2.11. The van der Waals surface area contributed by atoms with Crippen molar-refractivity contribution >= 4 is 11.9 Å². The van der Waals surface area contributed by atoms with E-state index in [1.807, 2.05) is 6.92 Å². The summed E-state index contributed by atoms with van der Waals surface area (Å²) in [5.74, 6) is -0.747. The lowest BCUT2D eigenvalue weighted by atomic mass is 10.1. The summed E-state index contributed by atoms with van der Waals surface area (Å²) in [7, 11) is 0. The number of ether oxygens (including phenoxy) is 4. The smallest absolute Gasteiger partial charge is 0.347 e. The molecule has 6 nitrogen and oxygen atoms in total. The second-order valence-corrected chi connectivity index (χ2v) is 4.04. The van der Waals surface area contributed by atoms with Crippen LogP contribution in [0.3, 0.4) is 0 Å². The standard InChI is InChI=1S/C14H16O6/c1-2-17-5-6-18-7-8-19-10-3-4-11-12(9-10)14(16)20-13(11)15/h3-4,9H,2,5-8H2,1H3. The van der Waals surface area contributed by atoms with Gasteiger partial charge < -0.3 is 18.9 Å². The largest absolute Gasteiger partial charge is 0.491 e. The average Bonchev–Trinajstić information content (AvgIpc) is 2.73. The summed E-state index contributed by atoms with van der Waals surface area (Å²) in [5.41, 5.74) is 0.514. The number of hydrogen-bond donors (Lipinski definition) is 0. The second kappa shape index (κ2) is 7.02. The molecular weight excluding hydrogens is 264 g/mol. The molecular formula is C14H16O6. The molecule has 0 bridgehead atoms. The van der Waals surface area contributed by atoms with Crippen LogP contribution in [0.25, 0.3) is 0 Å². The third-order valence-corrected chi connectivity index (χ3v) is 2.69. The fourth-order valence-electron chi connectivity index (χ4n) is 1.74. The van der Waals surface area contributed by atoms with Gasteiger partial charge in [-0.05, 0) is 25.1 Å². The molecule has 0 saturated heterocycles. The summed E-state index contributed by atoms with van der Waals surface area (Å²) in [6.07, 6.45) is 0. The van der Waals surface area contributed by atoms with Gasteiger partial charge in [0.15, 0.2) is 0 Å². The summed E-state index contributed by atoms with van der Waals surface area (Å²) in [5, 5.41) is 0. The Morgan fingerprint density at radius 2 is 1.65 bits per heavy atom. The van der Waals surface area contributed by atoms with Gasteiger partial charge in [-0.15, -0.1) is 0 Å². The van der Waals surface area contributed by atoms with Crippen LogP contribution in [-0.2, 0) is 14.2 Å². The van der Waals surface area contributed by atoms with E-state index in [1.54, 1.807) is 6.07 Å². The molecule has 0 spiro atoms. The Bertz CT molecular complexity index is 496. The molecule has 108 valence electrons. The molecule has 0 amide bonds. The number of fused-ring (bicyclic) bond motifs is 1. The van der Waals surface area contributed by atoms with Crippen molar-refractivity contribution in [3.63, 3.8) is 0 Å². The van der Waals surface area contributed by atoms with Crippen molar-refractivity contribution in [3.8, 4) is 5.75 Å². The molecule has 0 aliphatic carbocycles. The first-order valence-corrected chi connectivity index (χ1v) is 6.41. The van der Waals surface area contributed by atoms with E-state index in [2.05, 4.69) is 4.74 Å². The van der Waals surface area contributed by atoms with Gasteiger partial charge in [0.25, 0.3) is 0 Å². The van der Waals surface area contributed by atoms with Crippen molar-refractivity contribution in [1.82, 2.24) is 0 Å². The minimum absolute atomic E-state index is 0.241. The zero-order chi connectivity index (χ0) is 14.4. The number of esters is 2. The molecule has 1 aliphatic rings. The van der Waals surface area contributed by atoms with Crippen LogP contribution in [-0.4, -0.2) is 45.0 Å². The molecule has 1 aromatic carbocycles. The third kappa shape index (κ3) is 3.55. The lowest BCUT2D eigenvalue weighted by molar-refractivity contribution is 0.0404. The van der Waals surface area contributed by atoms with Crippen molar-refractivity contribution < 1.29 is 28.5 Å². The first-order chi connectivity index (χ1) is 9.72. The Balaban J connectivity index is 1.76. The maximum atomic E-state index is 11.4. The molecule has 0 fully saturated rings. The van der Waals surface area contributed by atoms with Crippen LogP contribution < -0.4 is 4.74 Å². The van der Waals surface area contributed by atoms with Gasteiger partial charge in [-0.2, -0.15) is 0 Å². The molecule has 0 N–H and O–H groups in total. The highest BCUT2D eigenvalue weighted by Crippen LogP contribution is 2.24. The predicted molar refractivity (Wildman–Crippen MR) is 69.0 cm³/mol. The van der Waals surface area contributed by atoms with Gasteiger partial charge in [0.05, 0.1) is 30.9 Å². The molecule has 0 atom stereocenters. The highest BCUT2D eigenvalue weighted by molar-refractivity contribution is 6.14. The van der Waals surface area contributed by atoms with Crippen LogP contribution in [0.5, 0.6) is 5.75 Å². The van der Waals surface area contributed by atoms with Crippen LogP contribution in [0.15, 0.2) is 18.2 Å². The Morgan fingerprint density at radius 3 is 2.45 bits per heavy atom. The SMILES string of the molecule is CCOCCOCCOc1ccc2c(c1)C(=O)OC2=O. The van der Waals surface area contributed by atoms with Gasteiger partial charge in [0, 0.05) is 6.61 Å². The van der Waals surface area contributed by atoms with Gasteiger partial charge in [-0.3, -0.25) is 0 Å². The van der Waals surface area contributed by atoms with Crippen LogP contribution in [0.4, 0.5) is 0 Å². The maximum absolute atomic E-state index is 11.4. The fraction of sp³-hybridized carbons (Fsp3) is 0.429. The molecule has 1 aliphatic heterocycles. The molecule has 6 heteroatoms. The summed E-state index contributed by atoms with van der Waals surface area (Å²) in [6.45, 7) is 4.45. The van der Waals surface area contributed by atoms with Crippen LogP contribution in [0.2, 0.25) is 0 Å². The number of carbonyl (C=O) groups excluding carboxylic acids is 2. The summed E-state index contributed by atoms with van der Waals surface area (Å²) >= 11 is 0.